The summed E-state index contributed by atoms with van der Waals surface area (Å²) in [7, 11) is -3.92. The molecule has 0 aromatic heterocycles. The summed E-state index contributed by atoms with van der Waals surface area (Å²) in [4.78, 5) is 12.0. The van der Waals surface area contributed by atoms with E-state index in [-0.39, 0.29) is 5.56 Å². The lowest BCUT2D eigenvalue weighted by Gasteiger charge is -2.11. The number of amides is 1. The minimum atomic E-state index is -4.55. The zero-order chi connectivity index (χ0) is 19.4. The van der Waals surface area contributed by atoms with Crippen molar-refractivity contribution < 1.29 is 26.4 Å². The van der Waals surface area contributed by atoms with Crippen molar-refractivity contribution in [3.8, 4) is 0 Å². The second-order valence-electron chi connectivity index (χ2n) is 5.79. The number of para-hydroxylation sites is 1. The number of halogens is 3. The van der Waals surface area contributed by atoms with Gasteiger partial charge in [-0.2, -0.15) is 13.2 Å². The smallest absolute Gasteiger partial charge is 0.325 e. The van der Waals surface area contributed by atoms with Crippen LogP contribution in [-0.4, -0.2) is 20.1 Å². The van der Waals surface area contributed by atoms with E-state index in [1.165, 1.54) is 6.07 Å². The summed E-state index contributed by atoms with van der Waals surface area (Å²) in [6.45, 7) is 1.90. The van der Waals surface area contributed by atoms with E-state index in [1.54, 1.807) is 18.2 Å². The molecule has 0 aliphatic heterocycles. The number of hydrogen-bond donors (Lipinski definition) is 1. The molecule has 0 atom stereocenters. The lowest BCUT2D eigenvalue weighted by molar-refractivity contribution is -0.137. The van der Waals surface area contributed by atoms with Gasteiger partial charge in [0.1, 0.15) is 5.75 Å². The summed E-state index contributed by atoms with van der Waals surface area (Å²) in [5.74, 6) is -2.17. The first-order valence-corrected chi connectivity index (χ1v) is 9.67. The molecule has 0 aliphatic rings. The Morgan fingerprint density at radius 1 is 1.08 bits per heavy atom. The monoisotopic (exact) mass is 385 g/mol. The number of sulfone groups is 1. The maximum Gasteiger partial charge on any atom is 0.416 e. The standard InChI is InChI=1S/C18H18F3NO3S/c1-2-14-7-3-4-9-16(14)22-17(23)12-26(24,25)11-13-6-5-8-15(10-13)18(19,20)21/h3-10H,2,11-12H2,1H3,(H,22,23). The second-order valence-corrected chi connectivity index (χ2v) is 7.85. The Morgan fingerprint density at radius 3 is 2.42 bits per heavy atom. The van der Waals surface area contributed by atoms with Gasteiger partial charge in [-0.3, -0.25) is 4.79 Å². The van der Waals surface area contributed by atoms with Gasteiger partial charge in [0.15, 0.2) is 9.84 Å². The molecule has 1 N–H and O–H groups in total. The summed E-state index contributed by atoms with van der Waals surface area (Å²) < 4.78 is 62.5. The van der Waals surface area contributed by atoms with Gasteiger partial charge in [-0.05, 0) is 29.7 Å². The van der Waals surface area contributed by atoms with Crippen LogP contribution in [0, 0.1) is 0 Å². The van der Waals surface area contributed by atoms with Crippen LogP contribution < -0.4 is 5.32 Å². The normalized spacial score (nSPS) is 12.0. The van der Waals surface area contributed by atoms with Gasteiger partial charge in [-0.25, -0.2) is 8.42 Å². The van der Waals surface area contributed by atoms with E-state index < -0.39 is 39.0 Å². The van der Waals surface area contributed by atoms with E-state index >= 15 is 0 Å². The number of aryl methyl sites for hydroxylation is 1. The van der Waals surface area contributed by atoms with Crippen LogP contribution >= 0.6 is 0 Å². The Bertz CT molecular complexity index is 893. The minimum absolute atomic E-state index is 0.0124. The summed E-state index contributed by atoms with van der Waals surface area (Å²) in [6.07, 6.45) is -3.89. The average Bonchev–Trinajstić information content (AvgIpc) is 2.53. The van der Waals surface area contributed by atoms with Gasteiger partial charge in [0.2, 0.25) is 5.91 Å². The largest absolute Gasteiger partial charge is 0.416 e. The molecule has 2 rings (SSSR count). The van der Waals surface area contributed by atoms with Crippen molar-refractivity contribution in [2.45, 2.75) is 25.3 Å². The van der Waals surface area contributed by atoms with Gasteiger partial charge in [0.25, 0.3) is 0 Å². The molecule has 2 aromatic rings. The average molecular weight is 385 g/mol. The van der Waals surface area contributed by atoms with Gasteiger partial charge in [-0.15, -0.1) is 0 Å². The molecule has 2 aromatic carbocycles. The van der Waals surface area contributed by atoms with E-state index in [2.05, 4.69) is 5.32 Å². The van der Waals surface area contributed by atoms with Gasteiger partial charge in [0.05, 0.1) is 11.3 Å². The molecule has 0 saturated carbocycles. The zero-order valence-electron chi connectivity index (χ0n) is 14.0. The van der Waals surface area contributed by atoms with Crippen LogP contribution in [0.3, 0.4) is 0 Å². The van der Waals surface area contributed by atoms with E-state index in [1.807, 2.05) is 13.0 Å². The first-order valence-electron chi connectivity index (χ1n) is 7.85. The number of hydrogen-bond acceptors (Lipinski definition) is 3. The number of alkyl halides is 3. The summed E-state index contributed by atoms with van der Waals surface area (Å²) >= 11 is 0. The number of nitrogens with one attached hydrogen (secondary N) is 1. The molecule has 1 amide bonds. The molecular weight excluding hydrogens is 367 g/mol. The fourth-order valence-electron chi connectivity index (χ4n) is 2.48. The second kappa shape index (κ2) is 7.90. The third-order valence-electron chi connectivity index (χ3n) is 3.66. The molecule has 0 aliphatic carbocycles. The molecule has 0 heterocycles. The third-order valence-corrected chi connectivity index (χ3v) is 5.14. The van der Waals surface area contributed by atoms with E-state index in [4.69, 9.17) is 0 Å². The molecule has 0 radical (unpaired) electrons. The van der Waals surface area contributed by atoms with Crippen molar-refractivity contribution >= 4 is 21.4 Å². The maximum atomic E-state index is 12.7. The Hall–Kier alpha value is -2.35. The van der Waals surface area contributed by atoms with E-state index in [0.717, 1.165) is 23.8 Å². The van der Waals surface area contributed by atoms with Crippen molar-refractivity contribution in [2.75, 3.05) is 11.1 Å². The van der Waals surface area contributed by atoms with Crippen LogP contribution in [0.5, 0.6) is 0 Å². The Morgan fingerprint density at radius 2 is 1.77 bits per heavy atom. The van der Waals surface area contributed by atoms with Gasteiger partial charge >= 0.3 is 6.18 Å². The Balaban J connectivity index is 2.08. The molecule has 4 nitrogen and oxygen atoms in total. The van der Waals surface area contributed by atoms with Gasteiger partial charge < -0.3 is 5.32 Å². The van der Waals surface area contributed by atoms with Crippen LogP contribution in [0.2, 0.25) is 0 Å². The van der Waals surface area contributed by atoms with Crippen LogP contribution in [0.1, 0.15) is 23.6 Å². The molecule has 0 bridgehead atoms. The molecule has 0 saturated heterocycles. The van der Waals surface area contributed by atoms with E-state index in [9.17, 15) is 26.4 Å². The van der Waals surface area contributed by atoms with Crippen molar-refractivity contribution in [1.82, 2.24) is 0 Å². The predicted octanol–water partition coefficient (Wildman–Crippen LogP) is 3.82. The fourth-order valence-corrected chi connectivity index (χ4v) is 3.74. The highest BCUT2D eigenvalue weighted by Crippen LogP contribution is 2.29. The summed E-state index contributed by atoms with van der Waals surface area (Å²) in [5, 5.41) is 2.54. The van der Waals surface area contributed by atoms with Gasteiger partial charge in [0, 0.05) is 5.69 Å². The molecule has 0 fully saturated rings. The molecule has 140 valence electrons. The molecule has 26 heavy (non-hydrogen) atoms. The predicted molar refractivity (Wildman–Crippen MR) is 93.4 cm³/mol. The number of rotatable bonds is 6. The van der Waals surface area contributed by atoms with Crippen molar-refractivity contribution in [3.63, 3.8) is 0 Å². The van der Waals surface area contributed by atoms with Crippen molar-refractivity contribution in [2.24, 2.45) is 0 Å². The van der Waals surface area contributed by atoms with Crippen LogP contribution in [0.25, 0.3) is 0 Å². The van der Waals surface area contributed by atoms with Crippen LogP contribution in [-0.2, 0) is 33.0 Å². The van der Waals surface area contributed by atoms with E-state index in [0.29, 0.717) is 12.1 Å². The highest BCUT2D eigenvalue weighted by atomic mass is 32.2. The van der Waals surface area contributed by atoms with Crippen molar-refractivity contribution in [1.29, 1.82) is 0 Å². The van der Waals surface area contributed by atoms with Gasteiger partial charge in [-0.1, -0.05) is 43.3 Å². The number of benzene rings is 2. The topological polar surface area (TPSA) is 63.2 Å². The summed E-state index contributed by atoms with van der Waals surface area (Å²) in [5.41, 5.74) is 0.443. The molecule has 8 heteroatoms. The number of anilines is 1. The SMILES string of the molecule is CCc1ccccc1NC(=O)CS(=O)(=O)Cc1cccc(C(F)(F)F)c1. The fraction of sp³-hybridized carbons (Fsp3) is 0.278. The first-order chi connectivity index (χ1) is 12.1. The zero-order valence-corrected chi connectivity index (χ0v) is 14.8. The highest BCUT2D eigenvalue weighted by Gasteiger charge is 2.30. The Labute approximate surface area is 150 Å². The maximum absolute atomic E-state index is 12.7. The lowest BCUT2D eigenvalue weighted by atomic mass is 10.1. The van der Waals surface area contributed by atoms with Crippen LogP contribution in [0.4, 0.5) is 18.9 Å². The highest BCUT2D eigenvalue weighted by molar-refractivity contribution is 7.91. The number of carbonyl (C=O) groups is 1. The van der Waals surface area contributed by atoms with Crippen molar-refractivity contribution in [3.05, 3.63) is 65.2 Å². The molecular formula is C18H18F3NO3S. The first kappa shape index (κ1) is 20.0. The Kier molecular flexibility index (Phi) is 6.07. The molecule has 0 spiro atoms. The minimum Gasteiger partial charge on any atom is -0.325 e. The summed E-state index contributed by atoms with van der Waals surface area (Å²) in [6, 6.07) is 11.1. The lowest BCUT2D eigenvalue weighted by Crippen LogP contribution is -2.24. The van der Waals surface area contributed by atoms with Crippen LogP contribution in [0.15, 0.2) is 48.5 Å². The third kappa shape index (κ3) is 5.59. The molecule has 0 unspecified atom stereocenters. The number of carbonyl (C=O) groups excluding carboxylic acids is 1. The quantitative estimate of drug-likeness (QED) is 0.822.